The molecule has 1 aliphatic carbocycles. The molecular formula is C19H27FN4O4S. The summed E-state index contributed by atoms with van der Waals surface area (Å²) in [4.78, 5) is 20.0. The molecule has 0 spiro atoms. The number of amides is 1. The van der Waals surface area contributed by atoms with Crippen LogP contribution in [-0.2, 0) is 20.1 Å². The molecular weight excluding hydrogens is 399 g/mol. The molecule has 0 unspecified atom stereocenters. The molecule has 3 rings (SSSR count). The summed E-state index contributed by atoms with van der Waals surface area (Å²) in [5.41, 5.74) is 3.74. The lowest BCUT2D eigenvalue weighted by atomic mass is 9.91. The number of carbonyl (C=O) groups excluding carboxylic acids is 1. The maximum atomic E-state index is 14.5. The first-order valence-corrected chi connectivity index (χ1v) is 11.1. The van der Waals surface area contributed by atoms with Crippen molar-refractivity contribution in [1.29, 1.82) is 0 Å². The van der Waals surface area contributed by atoms with Gasteiger partial charge in [-0.25, -0.2) is 18.2 Å². The van der Waals surface area contributed by atoms with Crippen molar-refractivity contribution >= 4 is 27.5 Å². The number of amidine groups is 1. The van der Waals surface area contributed by atoms with Gasteiger partial charge in [0.15, 0.2) is 9.84 Å². The number of hydrogen-bond acceptors (Lipinski definition) is 6. The minimum atomic E-state index is -3.82. The molecule has 2 aliphatic rings. The topological polar surface area (TPSA) is 124 Å². The average molecular weight is 427 g/mol. The molecule has 0 radical (unpaired) electrons. The van der Waals surface area contributed by atoms with E-state index in [0.29, 0.717) is 12.8 Å². The number of aliphatic imine (C=N–C) groups is 1. The number of nitrogens with two attached hydrogens (primary N) is 1. The van der Waals surface area contributed by atoms with Gasteiger partial charge in [-0.1, -0.05) is 0 Å². The van der Waals surface area contributed by atoms with Crippen molar-refractivity contribution in [2.75, 3.05) is 11.5 Å². The Kier molecular flexibility index (Phi) is 4.92. The fourth-order valence-corrected chi connectivity index (χ4v) is 6.11. The van der Waals surface area contributed by atoms with Crippen LogP contribution in [0.3, 0.4) is 0 Å². The van der Waals surface area contributed by atoms with Crippen molar-refractivity contribution in [3.63, 3.8) is 0 Å². The van der Waals surface area contributed by atoms with E-state index in [0.717, 1.165) is 6.20 Å². The zero-order valence-corrected chi connectivity index (χ0v) is 18.1. The molecule has 1 saturated carbocycles. The van der Waals surface area contributed by atoms with Gasteiger partial charge in [-0.05, 0) is 59.4 Å². The van der Waals surface area contributed by atoms with Crippen molar-refractivity contribution in [2.45, 2.75) is 63.3 Å². The highest BCUT2D eigenvalue weighted by Gasteiger charge is 2.61. The summed E-state index contributed by atoms with van der Waals surface area (Å²) >= 11 is 0. The quantitative estimate of drug-likeness (QED) is 0.697. The highest BCUT2D eigenvalue weighted by molar-refractivity contribution is 7.93. The number of carbonyl (C=O) groups is 1. The highest BCUT2D eigenvalue weighted by Crippen LogP contribution is 2.49. The van der Waals surface area contributed by atoms with Crippen molar-refractivity contribution in [3.8, 4) is 0 Å². The Balaban J connectivity index is 2.12. The second kappa shape index (κ2) is 6.65. The number of pyridine rings is 1. The van der Waals surface area contributed by atoms with Crippen LogP contribution in [0, 0.1) is 11.9 Å². The van der Waals surface area contributed by atoms with Crippen molar-refractivity contribution in [1.82, 2.24) is 10.3 Å². The molecule has 2 atom stereocenters. The van der Waals surface area contributed by atoms with Crippen LogP contribution in [0.4, 0.5) is 14.9 Å². The third-order valence-corrected chi connectivity index (χ3v) is 8.17. The Morgan fingerprint density at radius 3 is 2.55 bits per heavy atom. The van der Waals surface area contributed by atoms with Crippen LogP contribution < -0.4 is 11.1 Å². The summed E-state index contributed by atoms with van der Waals surface area (Å²) in [5.74, 6) is -1.43. The number of nitrogens with zero attached hydrogens (tertiary/aromatic N) is 2. The number of aromatic nitrogens is 1. The van der Waals surface area contributed by atoms with Gasteiger partial charge >= 0.3 is 6.09 Å². The van der Waals surface area contributed by atoms with Crippen LogP contribution in [-0.4, -0.2) is 41.4 Å². The minimum Gasteiger partial charge on any atom is -0.442 e. The summed E-state index contributed by atoms with van der Waals surface area (Å²) in [6.07, 6.45) is 1.66. The van der Waals surface area contributed by atoms with E-state index in [1.54, 1.807) is 27.7 Å². The second-order valence-corrected chi connectivity index (χ2v) is 11.5. The Hall–Kier alpha value is -2.23. The van der Waals surface area contributed by atoms with Crippen LogP contribution in [0.1, 0.15) is 53.0 Å². The summed E-state index contributed by atoms with van der Waals surface area (Å²) in [6, 6.07) is 1.34. The van der Waals surface area contributed by atoms with Crippen LogP contribution >= 0.6 is 0 Å². The van der Waals surface area contributed by atoms with E-state index in [9.17, 15) is 17.6 Å². The fraction of sp³-hybridized carbons (Fsp3) is 0.632. The number of halogens is 1. The molecule has 1 saturated heterocycles. The Morgan fingerprint density at radius 1 is 1.38 bits per heavy atom. The first-order valence-electron chi connectivity index (χ1n) is 9.42. The third kappa shape index (κ3) is 3.94. The Morgan fingerprint density at radius 2 is 2.00 bits per heavy atom. The number of hydrogen-bond donors (Lipinski definition) is 2. The lowest BCUT2D eigenvalue weighted by molar-refractivity contribution is 0.0602. The van der Waals surface area contributed by atoms with Gasteiger partial charge in [0.05, 0.1) is 23.2 Å². The average Bonchev–Trinajstić information content (AvgIpc) is 3.37. The molecule has 3 N–H and O–H groups in total. The van der Waals surface area contributed by atoms with Crippen LogP contribution in [0.5, 0.6) is 0 Å². The number of sulfone groups is 1. The largest absolute Gasteiger partial charge is 0.442 e. The van der Waals surface area contributed by atoms with Crippen molar-refractivity contribution in [3.05, 3.63) is 23.8 Å². The fourth-order valence-electron chi connectivity index (χ4n) is 3.69. The Bertz CT molecular complexity index is 984. The van der Waals surface area contributed by atoms with Crippen molar-refractivity contribution < 1.29 is 22.3 Å². The van der Waals surface area contributed by atoms with E-state index in [1.807, 2.05) is 0 Å². The summed E-state index contributed by atoms with van der Waals surface area (Å²) in [7, 11) is -3.82. The van der Waals surface area contributed by atoms with Crippen LogP contribution in [0.15, 0.2) is 17.3 Å². The molecule has 10 heteroatoms. The molecule has 2 fully saturated rings. The lowest BCUT2D eigenvalue weighted by Gasteiger charge is -2.45. The van der Waals surface area contributed by atoms with Gasteiger partial charge in [-0.3, -0.25) is 0 Å². The summed E-state index contributed by atoms with van der Waals surface area (Å²) in [5, 5.41) is 3.03. The normalized spacial score (nSPS) is 30.6. The monoisotopic (exact) mass is 426 g/mol. The maximum Gasteiger partial charge on any atom is 0.435 e. The number of ether oxygens (including phenoxy) is 1. The molecule has 1 aromatic rings. The van der Waals surface area contributed by atoms with Crippen molar-refractivity contribution in [2.24, 2.45) is 10.9 Å². The molecule has 0 aromatic carbocycles. The summed E-state index contributed by atoms with van der Waals surface area (Å²) in [6.45, 7) is 8.15. The number of rotatable bonds is 2. The summed E-state index contributed by atoms with van der Waals surface area (Å²) < 4.78 is 45.2. The standard InChI is InChI=1S/C19H27FN4O4S/c1-17(2,3)28-16(25)23-15-19(5,11-6-7-11)29(26,27)10-18(4,24-15)13-8-12(21)9-22-14(13)20/h8-9,11H,6-7,10,21H2,1-5H3,(H,23,24,25)/t18-,19-/m0/s1. The first-order chi connectivity index (χ1) is 13.2. The van der Waals surface area contributed by atoms with Gasteiger partial charge in [0.1, 0.15) is 16.2 Å². The molecule has 1 aromatic heterocycles. The van der Waals surface area contributed by atoms with E-state index in [2.05, 4.69) is 15.3 Å². The SMILES string of the molecule is CC(C)(C)OC(=O)/N=C1\N[C@](C)(c2cc(N)cnc2F)CS(=O)(=O)[C@@]1(C)C1CC1. The number of nitrogens with one attached hydrogen (secondary N) is 1. The van der Waals surface area contributed by atoms with E-state index in [4.69, 9.17) is 10.5 Å². The maximum absolute atomic E-state index is 14.5. The van der Waals surface area contributed by atoms with E-state index < -0.39 is 37.8 Å². The van der Waals surface area contributed by atoms with Crippen LogP contribution in [0.25, 0.3) is 0 Å². The van der Waals surface area contributed by atoms with Gasteiger partial charge < -0.3 is 15.8 Å². The zero-order chi connectivity index (χ0) is 21.8. The second-order valence-electron chi connectivity index (χ2n) is 9.15. The smallest absolute Gasteiger partial charge is 0.435 e. The predicted molar refractivity (Wildman–Crippen MR) is 108 cm³/mol. The van der Waals surface area contributed by atoms with Gasteiger partial charge in [0.2, 0.25) is 5.95 Å². The van der Waals surface area contributed by atoms with E-state index in [-0.39, 0.29) is 28.8 Å². The third-order valence-electron chi connectivity index (χ3n) is 5.40. The van der Waals surface area contributed by atoms with E-state index in [1.165, 1.54) is 13.0 Å². The van der Waals surface area contributed by atoms with Gasteiger partial charge in [-0.15, -0.1) is 0 Å². The molecule has 2 heterocycles. The molecule has 160 valence electrons. The van der Waals surface area contributed by atoms with Gasteiger partial charge in [0, 0.05) is 5.56 Å². The molecule has 8 nitrogen and oxygen atoms in total. The molecule has 1 amide bonds. The first kappa shape index (κ1) is 21.5. The molecule has 29 heavy (non-hydrogen) atoms. The number of nitrogen functional groups attached to an aromatic ring is 1. The Labute approximate surface area is 170 Å². The van der Waals surface area contributed by atoms with Gasteiger partial charge in [-0.2, -0.15) is 9.38 Å². The molecule has 1 aliphatic heterocycles. The lowest BCUT2D eigenvalue weighted by Crippen LogP contribution is -2.66. The predicted octanol–water partition coefficient (Wildman–Crippen LogP) is 2.54. The zero-order valence-electron chi connectivity index (χ0n) is 17.2. The molecule has 0 bridgehead atoms. The highest BCUT2D eigenvalue weighted by atomic mass is 32.2. The van der Waals surface area contributed by atoms with Gasteiger partial charge in [0.25, 0.3) is 0 Å². The minimum absolute atomic E-state index is 0.00388. The number of anilines is 1. The van der Waals surface area contributed by atoms with E-state index >= 15 is 0 Å². The van der Waals surface area contributed by atoms with Crippen LogP contribution in [0.2, 0.25) is 0 Å².